The molecule has 1 aliphatic heterocycles. The number of pyridine rings is 1. The predicted molar refractivity (Wildman–Crippen MR) is 145 cm³/mol. The Balaban J connectivity index is 1.50. The number of anilines is 1. The van der Waals surface area contributed by atoms with Gasteiger partial charge in [0.25, 0.3) is 0 Å². The Bertz CT molecular complexity index is 1700. The number of halogens is 3. The number of amides is 1. The van der Waals surface area contributed by atoms with Gasteiger partial charge in [-0.25, -0.2) is 18.7 Å². The van der Waals surface area contributed by atoms with Crippen molar-refractivity contribution >= 4 is 45.0 Å². The zero-order valence-corrected chi connectivity index (χ0v) is 21.6. The Kier molecular flexibility index (Phi) is 6.35. The summed E-state index contributed by atoms with van der Waals surface area (Å²) >= 11 is 6.32. The summed E-state index contributed by atoms with van der Waals surface area (Å²) in [5.74, 6) is -0.251. The van der Waals surface area contributed by atoms with Crippen molar-refractivity contribution in [2.24, 2.45) is 0 Å². The van der Waals surface area contributed by atoms with E-state index in [1.807, 2.05) is 4.90 Å². The zero-order chi connectivity index (χ0) is 27.3. The molecule has 196 valence electrons. The van der Waals surface area contributed by atoms with Crippen molar-refractivity contribution in [1.82, 2.24) is 19.9 Å². The molecule has 10 heteroatoms. The number of carbonyl (C=O) groups is 1. The van der Waals surface area contributed by atoms with Crippen LogP contribution in [0.1, 0.15) is 31.0 Å². The monoisotopic (exact) mass is 544 g/mol. The number of hydrogen-bond donors (Lipinski definition) is 0. The van der Waals surface area contributed by atoms with E-state index in [4.69, 9.17) is 16.6 Å². The van der Waals surface area contributed by atoms with E-state index in [9.17, 15) is 14.4 Å². The highest BCUT2D eigenvalue weighted by Crippen LogP contribution is 2.42. The van der Waals surface area contributed by atoms with Gasteiger partial charge in [0.05, 0.1) is 28.9 Å². The van der Waals surface area contributed by atoms with E-state index in [0.29, 0.717) is 53.0 Å². The second kappa shape index (κ2) is 9.86. The summed E-state index contributed by atoms with van der Waals surface area (Å²) < 4.78 is 30.7. The van der Waals surface area contributed by atoms with Crippen molar-refractivity contribution in [3.8, 4) is 17.3 Å². The molecule has 1 aliphatic carbocycles. The Labute approximate surface area is 228 Å². The molecule has 1 atom stereocenters. The molecule has 0 unspecified atom stereocenters. The van der Waals surface area contributed by atoms with Gasteiger partial charge in [0, 0.05) is 42.7 Å². The maximum atomic E-state index is 16.3. The molecule has 3 heterocycles. The number of nitriles is 1. The summed E-state index contributed by atoms with van der Waals surface area (Å²) in [4.78, 5) is 29.9. The maximum Gasteiger partial charge on any atom is 0.246 e. The largest absolute Gasteiger partial charge is 0.352 e. The van der Waals surface area contributed by atoms with Crippen molar-refractivity contribution in [2.75, 3.05) is 24.5 Å². The third-order valence-corrected chi connectivity index (χ3v) is 7.75. The molecule has 39 heavy (non-hydrogen) atoms. The molecule has 2 aliphatic rings. The first-order valence-electron chi connectivity index (χ1n) is 12.7. The molecule has 2 aromatic heterocycles. The van der Waals surface area contributed by atoms with Gasteiger partial charge in [-0.2, -0.15) is 5.26 Å². The second-order valence-corrected chi connectivity index (χ2v) is 10.2. The molecule has 6 rings (SSSR count). The minimum absolute atomic E-state index is 0.0238. The highest BCUT2D eigenvalue weighted by molar-refractivity contribution is 6.36. The first-order valence-corrected chi connectivity index (χ1v) is 13.1. The predicted octanol–water partition coefficient (Wildman–Crippen LogP) is 5.77. The van der Waals surface area contributed by atoms with Gasteiger partial charge in [0.1, 0.15) is 28.7 Å². The van der Waals surface area contributed by atoms with Crippen molar-refractivity contribution < 1.29 is 13.6 Å². The van der Waals surface area contributed by atoms with Gasteiger partial charge in [-0.3, -0.25) is 9.78 Å². The summed E-state index contributed by atoms with van der Waals surface area (Å²) in [6.45, 7) is 4.74. The lowest BCUT2D eigenvalue weighted by Crippen LogP contribution is -2.55. The van der Waals surface area contributed by atoms with Gasteiger partial charge >= 0.3 is 0 Å². The van der Waals surface area contributed by atoms with Crippen LogP contribution in [-0.2, 0) is 4.79 Å². The van der Waals surface area contributed by atoms with E-state index in [-0.39, 0.29) is 40.5 Å². The average molecular weight is 545 g/mol. The van der Waals surface area contributed by atoms with Crippen LogP contribution in [0.4, 0.5) is 14.6 Å². The maximum absolute atomic E-state index is 16.3. The minimum Gasteiger partial charge on any atom is -0.352 e. The lowest BCUT2D eigenvalue weighted by Gasteiger charge is -2.41. The molecule has 1 saturated carbocycles. The van der Waals surface area contributed by atoms with Crippen LogP contribution in [0.25, 0.3) is 32.9 Å². The topological polar surface area (TPSA) is 86.0 Å². The Morgan fingerprint density at radius 2 is 2.03 bits per heavy atom. The van der Waals surface area contributed by atoms with E-state index in [0.717, 1.165) is 12.8 Å². The van der Waals surface area contributed by atoms with Crippen LogP contribution in [0, 0.1) is 23.0 Å². The third kappa shape index (κ3) is 4.35. The third-order valence-electron chi connectivity index (χ3n) is 7.38. The van der Waals surface area contributed by atoms with E-state index < -0.39 is 11.6 Å². The SMILES string of the molecule is C=CC(=O)N1CCN(c2nc(C3CC3)nc3c(F)c(-c4cccc5ccc(F)c(Cl)c45)ncc23)C[C@@H]1CC#N. The summed E-state index contributed by atoms with van der Waals surface area (Å²) in [6.07, 6.45) is 4.76. The molecule has 1 saturated heterocycles. The van der Waals surface area contributed by atoms with Crippen molar-refractivity contribution in [2.45, 2.75) is 31.2 Å². The van der Waals surface area contributed by atoms with E-state index >= 15 is 4.39 Å². The number of carbonyl (C=O) groups excluding carboxylic acids is 1. The molecular weight excluding hydrogens is 522 g/mol. The first-order chi connectivity index (χ1) is 18.9. The van der Waals surface area contributed by atoms with Gasteiger partial charge < -0.3 is 9.80 Å². The van der Waals surface area contributed by atoms with Gasteiger partial charge in [-0.15, -0.1) is 0 Å². The van der Waals surface area contributed by atoms with Crippen molar-refractivity contribution in [1.29, 1.82) is 5.26 Å². The highest BCUT2D eigenvalue weighted by atomic mass is 35.5. The van der Waals surface area contributed by atoms with Crippen LogP contribution in [0.15, 0.2) is 49.2 Å². The Hall–Kier alpha value is -4.16. The second-order valence-electron chi connectivity index (χ2n) is 9.83. The van der Waals surface area contributed by atoms with E-state index in [2.05, 4.69) is 22.6 Å². The van der Waals surface area contributed by atoms with Gasteiger partial charge in [-0.1, -0.05) is 42.4 Å². The number of nitrogens with zero attached hydrogens (tertiary/aromatic N) is 6. The molecule has 0 radical (unpaired) electrons. The molecule has 2 aromatic carbocycles. The molecule has 1 amide bonds. The Morgan fingerprint density at radius 3 is 2.77 bits per heavy atom. The average Bonchev–Trinajstić information content (AvgIpc) is 3.80. The smallest absolute Gasteiger partial charge is 0.246 e. The van der Waals surface area contributed by atoms with Crippen LogP contribution in [0.5, 0.6) is 0 Å². The summed E-state index contributed by atoms with van der Waals surface area (Å²) in [7, 11) is 0. The summed E-state index contributed by atoms with van der Waals surface area (Å²) in [5.41, 5.74) is 0.517. The molecule has 4 aromatic rings. The van der Waals surface area contributed by atoms with Crippen LogP contribution in [0.2, 0.25) is 5.02 Å². The normalized spacial score (nSPS) is 17.4. The molecule has 0 N–H and O–H groups in total. The Morgan fingerprint density at radius 1 is 1.21 bits per heavy atom. The summed E-state index contributed by atoms with van der Waals surface area (Å²) in [6, 6.07) is 9.86. The molecule has 7 nitrogen and oxygen atoms in total. The molecule has 0 spiro atoms. The summed E-state index contributed by atoms with van der Waals surface area (Å²) in [5, 5.41) is 10.8. The van der Waals surface area contributed by atoms with Crippen molar-refractivity contribution in [3.05, 3.63) is 71.7 Å². The van der Waals surface area contributed by atoms with E-state index in [1.165, 1.54) is 18.3 Å². The molecule has 0 bridgehead atoms. The fourth-order valence-corrected chi connectivity index (χ4v) is 5.53. The lowest BCUT2D eigenvalue weighted by atomic mass is 10.0. The van der Waals surface area contributed by atoms with Crippen LogP contribution < -0.4 is 4.90 Å². The lowest BCUT2D eigenvalue weighted by molar-refractivity contribution is -0.128. The quantitative estimate of drug-likeness (QED) is 0.296. The number of fused-ring (bicyclic) bond motifs is 2. The number of rotatable bonds is 5. The van der Waals surface area contributed by atoms with Gasteiger partial charge in [-0.05, 0) is 30.4 Å². The minimum atomic E-state index is -0.639. The standard InChI is InChI=1S/C29H23ClF2N6O/c1-2-22(39)38-13-12-37(15-18(38)10-11-33)29-20-14-34-26(25(32)27(20)35-28(36-29)17-6-7-17)19-5-3-4-16-8-9-21(31)24(30)23(16)19/h2-5,8-9,14,17-18H,1,6-7,10,12-13,15H2/t18-/m0/s1. The zero-order valence-electron chi connectivity index (χ0n) is 20.9. The fourth-order valence-electron chi connectivity index (χ4n) is 5.25. The van der Waals surface area contributed by atoms with Crippen LogP contribution in [0.3, 0.4) is 0 Å². The first kappa shape index (κ1) is 25.1. The molecule has 2 fully saturated rings. The number of benzene rings is 2. The number of piperazine rings is 1. The van der Waals surface area contributed by atoms with Crippen LogP contribution in [-0.4, -0.2) is 51.4 Å². The highest BCUT2D eigenvalue weighted by Gasteiger charge is 2.34. The fraction of sp³-hybridized carbons (Fsp3) is 0.276. The van der Waals surface area contributed by atoms with E-state index in [1.54, 1.807) is 29.2 Å². The number of hydrogen-bond acceptors (Lipinski definition) is 6. The van der Waals surface area contributed by atoms with Gasteiger partial charge in [0.2, 0.25) is 5.91 Å². The molecular formula is C29H23ClF2N6O. The van der Waals surface area contributed by atoms with Gasteiger partial charge in [0.15, 0.2) is 5.82 Å². The number of aromatic nitrogens is 3. The van der Waals surface area contributed by atoms with Crippen molar-refractivity contribution in [3.63, 3.8) is 0 Å². The van der Waals surface area contributed by atoms with Crippen LogP contribution >= 0.6 is 11.6 Å².